The summed E-state index contributed by atoms with van der Waals surface area (Å²) in [5.74, 6) is -0.394. The summed E-state index contributed by atoms with van der Waals surface area (Å²) in [5.41, 5.74) is 0. The van der Waals surface area contributed by atoms with Gasteiger partial charge in [0.2, 0.25) is 0 Å². The molecule has 6 heteroatoms. The van der Waals surface area contributed by atoms with Crippen molar-refractivity contribution >= 4 is 5.97 Å². The quantitative estimate of drug-likeness (QED) is 0.189. The first-order chi connectivity index (χ1) is 6.22. The summed E-state index contributed by atoms with van der Waals surface area (Å²) in [5, 5.41) is 19.1. The topological polar surface area (TPSA) is 78.8 Å². The number of hydrogen-bond donors (Lipinski definition) is 3. The Labute approximate surface area is 108 Å². The van der Waals surface area contributed by atoms with E-state index in [4.69, 9.17) is 10.2 Å². The molecule has 0 saturated carbocycles. The zero-order chi connectivity index (χ0) is 10.5. The molecule has 0 aliphatic heterocycles. The third-order valence-corrected chi connectivity index (χ3v) is 0.945. The molecule has 80 valence electrons. The van der Waals surface area contributed by atoms with Crippen LogP contribution in [0.2, 0.25) is 0 Å². The molecule has 0 saturated heterocycles. The summed E-state index contributed by atoms with van der Waals surface area (Å²) in [7, 11) is 1.31. The molecular formula is C8H18NNaO4. The molecule has 0 amide bonds. The summed E-state index contributed by atoms with van der Waals surface area (Å²) in [4.78, 5) is 9.84. The molecule has 14 heavy (non-hydrogen) atoms. The van der Waals surface area contributed by atoms with Crippen molar-refractivity contribution in [2.75, 3.05) is 33.4 Å². The van der Waals surface area contributed by atoms with Crippen LogP contribution >= 0.6 is 0 Å². The Hall–Kier alpha value is 0.0900. The monoisotopic (exact) mass is 215 g/mol. The van der Waals surface area contributed by atoms with E-state index in [-0.39, 0.29) is 44.2 Å². The summed E-state index contributed by atoms with van der Waals surface area (Å²) >= 11 is 0. The van der Waals surface area contributed by atoms with Crippen LogP contribution in [0.5, 0.6) is 0 Å². The number of hydrogen-bond acceptors (Lipinski definition) is 5. The van der Waals surface area contributed by atoms with Gasteiger partial charge in [0.05, 0.1) is 20.3 Å². The predicted molar refractivity (Wildman–Crippen MR) is 50.4 cm³/mol. The van der Waals surface area contributed by atoms with E-state index in [1.165, 1.54) is 7.11 Å². The number of carbonyl (C=O) groups is 1. The molecule has 0 aliphatic rings. The average molecular weight is 215 g/mol. The van der Waals surface area contributed by atoms with Gasteiger partial charge in [0.25, 0.3) is 0 Å². The van der Waals surface area contributed by atoms with Crippen LogP contribution in [0.1, 0.15) is 1.43 Å². The number of esters is 1. The standard InChI is InChI=1S/C4H11NO2.C4H6O2.Na.H/c6-3-1-5-2-4-7;1-3-4(5)6-2;;/h5-7H,1-4H2;3H,1H2,2H3;;/q;;+1;-1. The van der Waals surface area contributed by atoms with Gasteiger partial charge in [-0.2, -0.15) is 0 Å². The van der Waals surface area contributed by atoms with E-state index in [0.717, 1.165) is 6.08 Å². The second-order valence-electron chi connectivity index (χ2n) is 1.92. The molecule has 0 aliphatic carbocycles. The second kappa shape index (κ2) is 18.8. The molecule has 0 aromatic rings. The second-order valence-corrected chi connectivity index (χ2v) is 1.92. The summed E-state index contributed by atoms with van der Waals surface area (Å²) < 4.78 is 4.14. The van der Waals surface area contributed by atoms with Crippen molar-refractivity contribution < 1.29 is 50.7 Å². The maximum absolute atomic E-state index is 9.84. The van der Waals surface area contributed by atoms with E-state index in [1.54, 1.807) is 0 Å². The molecule has 0 aromatic heterocycles. The SMILES string of the molecule is C=CC(=O)OC.OCCNCCO.[H-].[Na+]. The molecular weight excluding hydrogens is 197 g/mol. The van der Waals surface area contributed by atoms with Crippen LogP contribution in [0.15, 0.2) is 12.7 Å². The van der Waals surface area contributed by atoms with Gasteiger partial charge in [-0.05, 0) is 0 Å². The van der Waals surface area contributed by atoms with Crippen LogP contribution in [-0.4, -0.2) is 49.6 Å². The van der Waals surface area contributed by atoms with Crippen LogP contribution in [0.25, 0.3) is 0 Å². The summed E-state index contributed by atoms with van der Waals surface area (Å²) in [6.45, 7) is 4.57. The molecule has 0 aromatic carbocycles. The fourth-order valence-electron chi connectivity index (χ4n) is 0.366. The first-order valence-corrected chi connectivity index (χ1v) is 3.85. The molecule has 0 atom stereocenters. The number of carbonyl (C=O) groups excluding carboxylic acids is 1. The number of aliphatic hydroxyl groups excluding tert-OH is 2. The van der Waals surface area contributed by atoms with Gasteiger partial charge < -0.3 is 21.7 Å². The van der Waals surface area contributed by atoms with E-state index in [9.17, 15) is 4.79 Å². The third-order valence-electron chi connectivity index (χ3n) is 0.945. The number of ether oxygens (including phenoxy) is 1. The van der Waals surface area contributed by atoms with E-state index >= 15 is 0 Å². The molecule has 0 spiro atoms. The Morgan fingerprint density at radius 2 is 1.93 bits per heavy atom. The molecule has 0 bridgehead atoms. The van der Waals surface area contributed by atoms with Gasteiger partial charge in [0.15, 0.2) is 0 Å². The number of aliphatic hydroxyl groups is 2. The van der Waals surface area contributed by atoms with Crippen molar-refractivity contribution in [3.05, 3.63) is 12.7 Å². The summed E-state index contributed by atoms with van der Waals surface area (Å²) in [6, 6.07) is 0. The van der Waals surface area contributed by atoms with Crippen molar-refractivity contribution in [2.45, 2.75) is 0 Å². The van der Waals surface area contributed by atoms with E-state index in [2.05, 4.69) is 16.6 Å². The molecule has 3 N–H and O–H groups in total. The Bertz CT molecular complexity index is 134. The zero-order valence-corrected chi connectivity index (χ0v) is 10.8. The Morgan fingerprint density at radius 3 is 2.07 bits per heavy atom. The number of nitrogens with one attached hydrogen (secondary N) is 1. The van der Waals surface area contributed by atoms with Gasteiger partial charge in [-0.1, -0.05) is 6.58 Å². The number of methoxy groups -OCH3 is 1. The predicted octanol–water partition coefficient (Wildman–Crippen LogP) is -3.98. The van der Waals surface area contributed by atoms with Gasteiger partial charge in [-0.25, -0.2) is 4.79 Å². The third kappa shape index (κ3) is 22.7. The Kier molecular flexibility index (Phi) is 26.4. The fourth-order valence-corrected chi connectivity index (χ4v) is 0.366. The van der Waals surface area contributed by atoms with E-state index in [0.29, 0.717) is 13.1 Å². The minimum Gasteiger partial charge on any atom is -1.00 e. The summed E-state index contributed by atoms with van der Waals surface area (Å²) in [6.07, 6.45) is 1.11. The van der Waals surface area contributed by atoms with E-state index < -0.39 is 5.97 Å². The largest absolute Gasteiger partial charge is 1.00 e. The zero-order valence-electron chi connectivity index (χ0n) is 9.82. The maximum atomic E-state index is 9.84. The van der Waals surface area contributed by atoms with Gasteiger partial charge in [-0.3, -0.25) is 0 Å². The van der Waals surface area contributed by atoms with Crippen molar-refractivity contribution in [3.8, 4) is 0 Å². The first-order valence-electron chi connectivity index (χ1n) is 3.85. The van der Waals surface area contributed by atoms with Crippen molar-refractivity contribution in [3.63, 3.8) is 0 Å². The molecule has 0 fully saturated rings. The van der Waals surface area contributed by atoms with Gasteiger partial charge >= 0.3 is 35.5 Å². The van der Waals surface area contributed by atoms with Crippen LogP contribution in [0.3, 0.4) is 0 Å². The number of rotatable bonds is 5. The van der Waals surface area contributed by atoms with Gasteiger partial charge in [0, 0.05) is 19.2 Å². The Morgan fingerprint density at radius 1 is 1.50 bits per heavy atom. The smallest absolute Gasteiger partial charge is 1.00 e. The first kappa shape index (κ1) is 19.6. The molecule has 0 rings (SSSR count). The molecule has 0 radical (unpaired) electrons. The minimum atomic E-state index is -0.394. The van der Waals surface area contributed by atoms with Gasteiger partial charge in [-0.15, -0.1) is 0 Å². The van der Waals surface area contributed by atoms with Crippen LogP contribution in [0, 0.1) is 0 Å². The van der Waals surface area contributed by atoms with Crippen molar-refractivity contribution in [2.24, 2.45) is 0 Å². The average Bonchev–Trinajstić information content (AvgIpc) is 2.18. The van der Waals surface area contributed by atoms with Crippen LogP contribution in [-0.2, 0) is 9.53 Å². The van der Waals surface area contributed by atoms with Crippen LogP contribution < -0.4 is 34.9 Å². The fraction of sp³-hybridized carbons (Fsp3) is 0.625. The minimum absolute atomic E-state index is 0. The van der Waals surface area contributed by atoms with Crippen molar-refractivity contribution in [1.82, 2.24) is 5.32 Å². The molecule has 0 heterocycles. The van der Waals surface area contributed by atoms with Gasteiger partial charge in [0.1, 0.15) is 0 Å². The van der Waals surface area contributed by atoms with E-state index in [1.807, 2.05) is 0 Å². The molecule has 5 nitrogen and oxygen atoms in total. The normalized spacial score (nSPS) is 7.64. The molecule has 0 unspecified atom stereocenters. The maximum Gasteiger partial charge on any atom is 1.00 e. The van der Waals surface area contributed by atoms with Crippen LogP contribution in [0.4, 0.5) is 0 Å². The Balaban J connectivity index is -0.0000000718. The van der Waals surface area contributed by atoms with Crippen molar-refractivity contribution in [1.29, 1.82) is 0 Å².